The largest absolute Gasteiger partial charge is 0.370 e. The Kier molecular flexibility index (Phi) is 3.57. The lowest BCUT2D eigenvalue weighted by Gasteiger charge is -2.03. The maximum atomic E-state index is 11.8. The van der Waals surface area contributed by atoms with E-state index in [-0.39, 0.29) is 5.91 Å². The number of rotatable bonds is 4. The van der Waals surface area contributed by atoms with E-state index in [1.54, 1.807) is 25.1 Å². The number of aromatic nitrogens is 2. The zero-order chi connectivity index (χ0) is 13.0. The van der Waals surface area contributed by atoms with Gasteiger partial charge in [0.2, 0.25) is 5.88 Å². The van der Waals surface area contributed by atoms with Crippen LogP contribution in [0.15, 0.2) is 28.9 Å². The second-order valence-corrected chi connectivity index (χ2v) is 3.75. The Bertz CT molecular complexity index is 533. The van der Waals surface area contributed by atoms with E-state index in [1.165, 1.54) is 6.20 Å². The van der Waals surface area contributed by atoms with E-state index in [4.69, 9.17) is 4.52 Å². The van der Waals surface area contributed by atoms with E-state index in [0.717, 1.165) is 12.4 Å². The number of nitrogens with zero attached hydrogens (tertiary/aromatic N) is 2. The first-order chi connectivity index (χ1) is 8.69. The average Bonchev–Trinajstić information content (AvgIpc) is 2.76. The highest BCUT2D eigenvalue weighted by atomic mass is 16.5. The lowest BCUT2D eigenvalue weighted by molar-refractivity contribution is 0.102. The summed E-state index contributed by atoms with van der Waals surface area (Å²) < 4.78 is 4.90. The van der Waals surface area contributed by atoms with Gasteiger partial charge >= 0.3 is 0 Å². The van der Waals surface area contributed by atoms with Crippen LogP contribution in [0.4, 0.5) is 11.7 Å². The summed E-state index contributed by atoms with van der Waals surface area (Å²) in [5.41, 5.74) is 1.18. The molecule has 2 heterocycles. The Morgan fingerprint density at radius 3 is 2.83 bits per heavy atom. The molecule has 18 heavy (non-hydrogen) atoms. The second kappa shape index (κ2) is 5.31. The molecule has 0 bridgehead atoms. The summed E-state index contributed by atoms with van der Waals surface area (Å²) in [6, 6.07) is 5.10. The molecular formula is C12H14N4O2. The van der Waals surface area contributed by atoms with Crippen molar-refractivity contribution in [2.75, 3.05) is 17.2 Å². The Morgan fingerprint density at radius 1 is 1.44 bits per heavy atom. The van der Waals surface area contributed by atoms with Crippen LogP contribution < -0.4 is 10.6 Å². The van der Waals surface area contributed by atoms with Gasteiger partial charge in [-0.1, -0.05) is 5.16 Å². The highest BCUT2D eigenvalue weighted by Gasteiger charge is 2.09. The summed E-state index contributed by atoms with van der Waals surface area (Å²) in [5.74, 6) is 0.791. The predicted molar refractivity (Wildman–Crippen MR) is 67.6 cm³/mol. The van der Waals surface area contributed by atoms with Gasteiger partial charge in [-0.25, -0.2) is 4.98 Å². The minimum Gasteiger partial charge on any atom is -0.370 e. The average molecular weight is 246 g/mol. The first-order valence-electron chi connectivity index (χ1n) is 5.63. The zero-order valence-electron chi connectivity index (χ0n) is 10.2. The summed E-state index contributed by atoms with van der Waals surface area (Å²) in [4.78, 5) is 16.0. The number of nitrogens with one attached hydrogen (secondary N) is 2. The third-order valence-corrected chi connectivity index (χ3v) is 2.25. The minimum atomic E-state index is -0.276. The predicted octanol–water partition coefficient (Wildman–Crippen LogP) is 2.06. The molecule has 0 aliphatic carbocycles. The molecule has 2 aromatic heterocycles. The van der Waals surface area contributed by atoms with Gasteiger partial charge in [-0.3, -0.25) is 10.1 Å². The fourth-order valence-corrected chi connectivity index (χ4v) is 1.42. The van der Waals surface area contributed by atoms with Crippen molar-refractivity contribution in [3.05, 3.63) is 35.7 Å². The molecule has 2 aromatic rings. The number of aryl methyl sites for hydroxylation is 1. The van der Waals surface area contributed by atoms with Crippen LogP contribution in [0.25, 0.3) is 0 Å². The van der Waals surface area contributed by atoms with Crippen LogP contribution in [0.1, 0.15) is 23.0 Å². The lowest BCUT2D eigenvalue weighted by Crippen LogP contribution is -2.12. The molecule has 2 N–H and O–H groups in total. The van der Waals surface area contributed by atoms with Gasteiger partial charge in [-0.2, -0.15) is 0 Å². The van der Waals surface area contributed by atoms with Crippen LogP contribution in [0.5, 0.6) is 0 Å². The molecule has 0 saturated heterocycles. The molecule has 0 unspecified atom stereocenters. The van der Waals surface area contributed by atoms with Crippen LogP contribution in [0.3, 0.4) is 0 Å². The van der Waals surface area contributed by atoms with E-state index in [2.05, 4.69) is 20.8 Å². The molecule has 6 heteroatoms. The first kappa shape index (κ1) is 12.1. The monoisotopic (exact) mass is 246 g/mol. The highest BCUT2D eigenvalue weighted by molar-refractivity contribution is 6.03. The van der Waals surface area contributed by atoms with Crippen LogP contribution in [-0.2, 0) is 0 Å². The molecule has 94 valence electrons. The van der Waals surface area contributed by atoms with Crippen molar-refractivity contribution in [1.29, 1.82) is 0 Å². The summed E-state index contributed by atoms with van der Waals surface area (Å²) in [5, 5.41) is 9.34. The lowest BCUT2D eigenvalue weighted by atomic mass is 10.2. The summed E-state index contributed by atoms with van der Waals surface area (Å²) in [7, 11) is 0. The maximum Gasteiger partial charge on any atom is 0.259 e. The smallest absolute Gasteiger partial charge is 0.259 e. The standard InChI is InChI=1S/C12H14N4O2/c1-3-13-10-5-4-9(7-14-10)12(17)15-11-6-8(2)16-18-11/h4-7H,3H2,1-2H3,(H,13,14)(H,15,17). The van der Waals surface area contributed by atoms with Crippen molar-refractivity contribution >= 4 is 17.6 Å². The van der Waals surface area contributed by atoms with Crippen LogP contribution in [0.2, 0.25) is 0 Å². The topological polar surface area (TPSA) is 80.0 Å². The van der Waals surface area contributed by atoms with Crippen LogP contribution >= 0.6 is 0 Å². The van der Waals surface area contributed by atoms with Crippen molar-refractivity contribution in [2.45, 2.75) is 13.8 Å². The van der Waals surface area contributed by atoms with Gasteiger partial charge in [0.1, 0.15) is 5.82 Å². The van der Waals surface area contributed by atoms with Gasteiger partial charge in [0.25, 0.3) is 5.91 Å². The summed E-state index contributed by atoms with van der Waals surface area (Å²) >= 11 is 0. The third-order valence-electron chi connectivity index (χ3n) is 2.25. The normalized spacial score (nSPS) is 10.1. The highest BCUT2D eigenvalue weighted by Crippen LogP contribution is 2.11. The molecule has 0 aliphatic rings. The fourth-order valence-electron chi connectivity index (χ4n) is 1.42. The van der Waals surface area contributed by atoms with Gasteiger partial charge < -0.3 is 9.84 Å². The fraction of sp³-hybridized carbons (Fsp3) is 0.250. The van der Waals surface area contributed by atoms with E-state index in [1.807, 2.05) is 6.92 Å². The van der Waals surface area contributed by atoms with E-state index < -0.39 is 0 Å². The Hall–Kier alpha value is -2.37. The molecular weight excluding hydrogens is 232 g/mol. The molecule has 6 nitrogen and oxygen atoms in total. The van der Waals surface area contributed by atoms with Crippen LogP contribution in [0, 0.1) is 6.92 Å². The summed E-state index contributed by atoms with van der Waals surface area (Å²) in [6.07, 6.45) is 1.51. The van der Waals surface area contributed by atoms with Crippen LogP contribution in [-0.4, -0.2) is 22.6 Å². The number of anilines is 2. The maximum absolute atomic E-state index is 11.8. The second-order valence-electron chi connectivity index (χ2n) is 3.75. The number of hydrogen-bond acceptors (Lipinski definition) is 5. The van der Waals surface area contributed by atoms with Gasteiger partial charge in [0.05, 0.1) is 11.3 Å². The van der Waals surface area contributed by atoms with Gasteiger partial charge in [0.15, 0.2) is 0 Å². The first-order valence-corrected chi connectivity index (χ1v) is 5.63. The van der Waals surface area contributed by atoms with Gasteiger partial charge in [0, 0.05) is 18.8 Å². The zero-order valence-corrected chi connectivity index (χ0v) is 10.2. The minimum absolute atomic E-state index is 0.276. The van der Waals surface area contributed by atoms with Gasteiger partial charge in [-0.05, 0) is 26.0 Å². The number of pyridine rings is 1. The summed E-state index contributed by atoms with van der Waals surface area (Å²) in [6.45, 7) is 4.55. The van der Waals surface area contributed by atoms with Crippen molar-refractivity contribution in [2.24, 2.45) is 0 Å². The molecule has 0 spiro atoms. The molecule has 2 rings (SSSR count). The molecule has 0 aromatic carbocycles. The van der Waals surface area contributed by atoms with E-state index >= 15 is 0 Å². The molecule has 0 atom stereocenters. The number of carbonyl (C=O) groups excluding carboxylic acids is 1. The SMILES string of the molecule is CCNc1ccc(C(=O)Nc2cc(C)no2)cn1. The molecule has 0 radical (unpaired) electrons. The van der Waals surface area contributed by atoms with Crippen molar-refractivity contribution in [1.82, 2.24) is 10.1 Å². The quantitative estimate of drug-likeness (QED) is 0.863. The molecule has 0 fully saturated rings. The van der Waals surface area contributed by atoms with Crippen molar-refractivity contribution in [3.8, 4) is 0 Å². The molecule has 1 amide bonds. The Labute approximate surface area is 104 Å². The van der Waals surface area contributed by atoms with Gasteiger partial charge in [-0.15, -0.1) is 0 Å². The van der Waals surface area contributed by atoms with E-state index in [0.29, 0.717) is 17.1 Å². The van der Waals surface area contributed by atoms with Crippen molar-refractivity contribution in [3.63, 3.8) is 0 Å². The Morgan fingerprint density at radius 2 is 2.28 bits per heavy atom. The molecule has 0 saturated carbocycles. The molecule has 0 aliphatic heterocycles. The van der Waals surface area contributed by atoms with E-state index in [9.17, 15) is 4.79 Å². The number of amides is 1. The van der Waals surface area contributed by atoms with Crippen molar-refractivity contribution < 1.29 is 9.32 Å². The Balaban J connectivity index is 2.04. The number of hydrogen-bond donors (Lipinski definition) is 2. The number of carbonyl (C=O) groups is 1. The third kappa shape index (κ3) is 2.85.